The number of likely N-dealkylation sites (tertiary alicyclic amines) is 1. The van der Waals surface area contributed by atoms with E-state index in [9.17, 15) is 18.0 Å². The fourth-order valence-corrected chi connectivity index (χ4v) is 5.26. The van der Waals surface area contributed by atoms with Gasteiger partial charge in [0.1, 0.15) is 6.04 Å². The summed E-state index contributed by atoms with van der Waals surface area (Å²) in [7, 11) is -3.49. The molecule has 1 aromatic rings. The van der Waals surface area contributed by atoms with Gasteiger partial charge >= 0.3 is 0 Å². The number of nitrogens with zero attached hydrogens (tertiary/aromatic N) is 2. The summed E-state index contributed by atoms with van der Waals surface area (Å²) in [5.74, 6) is -0.523. The van der Waals surface area contributed by atoms with Crippen molar-refractivity contribution < 1.29 is 22.9 Å². The molecule has 2 heterocycles. The lowest BCUT2D eigenvalue weighted by atomic mass is 10.0. The van der Waals surface area contributed by atoms with Crippen LogP contribution >= 0.6 is 0 Å². The predicted molar refractivity (Wildman–Crippen MR) is 99.3 cm³/mol. The number of quaternary nitrogens is 1. The zero-order chi connectivity index (χ0) is 19.4. The summed E-state index contributed by atoms with van der Waals surface area (Å²) < 4.78 is 26.8. The zero-order valence-electron chi connectivity index (χ0n) is 15.3. The van der Waals surface area contributed by atoms with Gasteiger partial charge in [0.2, 0.25) is 15.9 Å². The molecule has 3 N–H and O–H groups in total. The Morgan fingerprint density at radius 3 is 2.37 bits per heavy atom. The van der Waals surface area contributed by atoms with Crippen LogP contribution in [0.15, 0.2) is 35.2 Å². The second-order valence-corrected chi connectivity index (χ2v) is 9.08. The number of hydrogen-bond donors (Lipinski definition) is 2. The molecule has 0 saturated carbocycles. The molecule has 148 valence electrons. The maximum Gasteiger partial charge on any atom is 0.278 e. The van der Waals surface area contributed by atoms with Gasteiger partial charge in [-0.05, 0) is 31.4 Å². The lowest BCUT2D eigenvalue weighted by Gasteiger charge is -2.36. The molecule has 0 bridgehead atoms. The van der Waals surface area contributed by atoms with E-state index in [1.807, 2.05) is 0 Å². The Bertz CT molecular complexity index is 776. The fraction of sp³-hybridized carbons (Fsp3) is 0.556. The molecule has 0 aromatic heterocycles. The first kappa shape index (κ1) is 19.8. The quantitative estimate of drug-likeness (QED) is 0.629. The highest BCUT2D eigenvalue weighted by Crippen LogP contribution is 2.17. The topological polar surface area (TPSA) is 105 Å². The van der Waals surface area contributed by atoms with E-state index in [0.29, 0.717) is 44.0 Å². The Balaban J connectivity index is 1.56. The molecule has 2 saturated heterocycles. The van der Waals surface area contributed by atoms with Crippen molar-refractivity contribution in [2.24, 2.45) is 5.73 Å². The van der Waals surface area contributed by atoms with Crippen LogP contribution in [0.4, 0.5) is 0 Å². The molecule has 2 aliphatic rings. The van der Waals surface area contributed by atoms with Crippen molar-refractivity contribution in [1.82, 2.24) is 9.21 Å². The van der Waals surface area contributed by atoms with Gasteiger partial charge in [-0.2, -0.15) is 4.31 Å². The number of primary amides is 1. The summed E-state index contributed by atoms with van der Waals surface area (Å²) in [5.41, 5.74) is 5.44. The summed E-state index contributed by atoms with van der Waals surface area (Å²) in [6.07, 6.45) is 2.41. The van der Waals surface area contributed by atoms with Gasteiger partial charge in [0.25, 0.3) is 5.91 Å². The summed E-state index contributed by atoms with van der Waals surface area (Å²) in [5, 5.41) is 0. The number of carbonyl (C=O) groups is 2. The van der Waals surface area contributed by atoms with E-state index < -0.39 is 22.0 Å². The molecule has 0 radical (unpaired) electrons. The lowest BCUT2D eigenvalue weighted by Crippen LogP contribution is -3.15. The molecule has 2 amide bonds. The normalized spacial score (nSPS) is 22.5. The van der Waals surface area contributed by atoms with E-state index in [2.05, 4.69) is 0 Å². The minimum absolute atomic E-state index is 0.0760. The first-order chi connectivity index (χ1) is 12.9. The molecule has 0 spiro atoms. The summed E-state index contributed by atoms with van der Waals surface area (Å²) in [6, 6.07) is 7.89. The van der Waals surface area contributed by atoms with Crippen LogP contribution in [-0.2, 0) is 19.6 Å². The number of rotatable bonds is 5. The van der Waals surface area contributed by atoms with Crippen LogP contribution in [0.3, 0.4) is 0 Å². The average Bonchev–Trinajstić information content (AvgIpc) is 2.69. The maximum atomic E-state index is 12.7. The molecule has 0 unspecified atom stereocenters. The third-order valence-electron chi connectivity index (χ3n) is 5.36. The molecule has 3 rings (SSSR count). The van der Waals surface area contributed by atoms with Gasteiger partial charge in [-0.1, -0.05) is 18.2 Å². The molecule has 1 aromatic carbocycles. The predicted octanol–water partition coefficient (Wildman–Crippen LogP) is -1.56. The fourth-order valence-electron chi connectivity index (χ4n) is 3.80. The van der Waals surface area contributed by atoms with Gasteiger partial charge in [-0.3, -0.25) is 9.59 Å². The van der Waals surface area contributed by atoms with Crippen molar-refractivity contribution >= 4 is 21.8 Å². The van der Waals surface area contributed by atoms with Crippen LogP contribution in [0.5, 0.6) is 0 Å². The number of carbonyl (C=O) groups excluding carboxylic acids is 2. The third kappa shape index (κ3) is 4.48. The monoisotopic (exact) mass is 395 g/mol. The maximum absolute atomic E-state index is 12.7. The summed E-state index contributed by atoms with van der Waals surface area (Å²) in [4.78, 5) is 27.2. The van der Waals surface area contributed by atoms with Crippen LogP contribution in [0, 0.1) is 0 Å². The number of hydrogen-bond acceptors (Lipinski definition) is 4. The Hall–Kier alpha value is -1.97. The Kier molecular flexibility index (Phi) is 6.13. The smallest absolute Gasteiger partial charge is 0.278 e. The van der Waals surface area contributed by atoms with Crippen LogP contribution in [-0.4, -0.2) is 74.7 Å². The lowest BCUT2D eigenvalue weighted by molar-refractivity contribution is -0.896. The Morgan fingerprint density at radius 2 is 1.74 bits per heavy atom. The van der Waals surface area contributed by atoms with Gasteiger partial charge < -0.3 is 15.5 Å². The van der Waals surface area contributed by atoms with Crippen molar-refractivity contribution in [3.05, 3.63) is 30.3 Å². The molecular weight excluding hydrogens is 368 g/mol. The second-order valence-electron chi connectivity index (χ2n) is 7.14. The van der Waals surface area contributed by atoms with Crippen molar-refractivity contribution in [3.8, 4) is 0 Å². The van der Waals surface area contributed by atoms with E-state index in [-0.39, 0.29) is 12.5 Å². The first-order valence-electron chi connectivity index (χ1n) is 9.37. The highest BCUT2D eigenvalue weighted by Gasteiger charge is 2.35. The van der Waals surface area contributed by atoms with Gasteiger partial charge in [0.15, 0.2) is 6.54 Å². The summed E-state index contributed by atoms with van der Waals surface area (Å²) in [6.45, 7) is 2.70. The Morgan fingerprint density at radius 1 is 1.07 bits per heavy atom. The van der Waals surface area contributed by atoms with Crippen molar-refractivity contribution in [2.45, 2.75) is 30.2 Å². The Labute approximate surface area is 160 Å². The van der Waals surface area contributed by atoms with Gasteiger partial charge in [0, 0.05) is 6.54 Å². The number of sulfonamides is 1. The van der Waals surface area contributed by atoms with Gasteiger partial charge in [0.05, 0.1) is 31.1 Å². The number of nitrogens with one attached hydrogen (secondary N) is 1. The van der Waals surface area contributed by atoms with Crippen LogP contribution in [0.25, 0.3) is 0 Å². The molecule has 9 heteroatoms. The zero-order valence-corrected chi connectivity index (χ0v) is 16.2. The summed E-state index contributed by atoms with van der Waals surface area (Å²) >= 11 is 0. The van der Waals surface area contributed by atoms with Gasteiger partial charge in [-0.25, -0.2) is 8.42 Å². The van der Waals surface area contributed by atoms with Crippen molar-refractivity contribution in [3.63, 3.8) is 0 Å². The third-order valence-corrected chi connectivity index (χ3v) is 7.28. The highest BCUT2D eigenvalue weighted by atomic mass is 32.2. The van der Waals surface area contributed by atoms with Crippen LogP contribution < -0.4 is 10.6 Å². The number of piperazine rings is 1. The van der Waals surface area contributed by atoms with E-state index in [1.54, 1.807) is 35.2 Å². The molecule has 8 nitrogen and oxygen atoms in total. The molecule has 27 heavy (non-hydrogen) atoms. The second kappa shape index (κ2) is 8.37. The van der Waals surface area contributed by atoms with Crippen LogP contribution in [0.1, 0.15) is 19.3 Å². The molecular formula is C18H27N4O4S+. The van der Waals surface area contributed by atoms with Crippen LogP contribution in [0.2, 0.25) is 0 Å². The molecule has 1 atom stereocenters. The first-order valence-corrected chi connectivity index (χ1v) is 10.8. The number of piperidine rings is 1. The van der Waals surface area contributed by atoms with Crippen molar-refractivity contribution in [2.75, 3.05) is 39.3 Å². The van der Waals surface area contributed by atoms with E-state index >= 15 is 0 Å². The van der Waals surface area contributed by atoms with E-state index in [4.69, 9.17) is 5.73 Å². The highest BCUT2D eigenvalue weighted by molar-refractivity contribution is 7.89. The molecule has 0 aliphatic carbocycles. The standard InChI is InChI=1S/C18H26N4O4S/c19-18(24)16-8-4-5-9-22(16)17(23)14-20-10-12-21(13-11-20)27(25,26)15-6-2-1-3-7-15/h1-3,6-7,16H,4-5,8-14H2,(H2,19,24)/p+1/t16-/m0/s1. The van der Waals surface area contributed by atoms with E-state index in [1.165, 1.54) is 4.31 Å². The molecule has 2 aliphatic heterocycles. The van der Waals surface area contributed by atoms with Gasteiger partial charge in [-0.15, -0.1) is 0 Å². The number of benzene rings is 1. The number of nitrogens with two attached hydrogens (primary N) is 1. The van der Waals surface area contributed by atoms with Crippen molar-refractivity contribution in [1.29, 1.82) is 0 Å². The SMILES string of the molecule is NC(=O)[C@@H]1CCCCN1C(=O)C[NH+]1CCN(S(=O)(=O)c2ccccc2)CC1. The van der Waals surface area contributed by atoms with E-state index in [0.717, 1.165) is 17.7 Å². The molecule has 2 fully saturated rings. The average molecular weight is 396 g/mol. The number of amides is 2. The largest absolute Gasteiger partial charge is 0.368 e. The minimum atomic E-state index is -3.49. The minimum Gasteiger partial charge on any atom is -0.368 e.